The second-order valence-corrected chi connectivity index (χ2v) is 9.86. The normalized spacial score (nSPS) is 50.9. The van der Waals surface area contributed by atoms with Gasteiger partial charge in [-0.3, -0.25) is 4.79 Å². The zero-order valence-electron chi connectivity index (χ0n) is 14.4. The molecule has 3 saturated carbocycles. The number of rotatable bonds is 1. The Balaban J connectivity index is 1.67. The van der Waals surface area contributed by atoms with E-state index >= 15 is 0 Å². The summed E-state index contributed by atoms with van der Waals surface area (Å²) >= 11 is 2.12. The monoisotopic (exact) mass is 318 g/mol. The molecular weight excluding hydrogens is 288 g/mol. The second kappa shape index (κ2) is 5.13. The topological polar surface area (TPSA) is 17.1 Å². The van der Waals surface area contributed by atoms with Crippen LogP contribution in [0.25, 0.3) is 0 Å². The molecule has 0 spiro atoms. The molecule has 0 bridgehead atoms. The van der Waals surface area contributed by atoms with Gasteiger partial charge in [0.25, 0.3) is 0 Å². The van der Waals surface area contributed by atoms with Gasteiger partial charge in [-0.1, -0.05) is 19.4 Å². The van der Waals surface area contributed by atoms with Crippen LogP contribution in [0.2, 0.25) is 0 Å². The van der Waals surface area contributed by atoms with Crippen LogP contribution in [0, 0.1) is 28.6 Å². The minimum Gasteiger partial charge on any atom is -0.295 e. The molecule has 0 radical (unpaired) electrons. The summed E-state index contributed by atoms with van der Waals surface area (Å²) in [6, 6.07) is 0. The van der Waals surface area contributed by atoms with E-state index in [1.807, 2.05) is 6.08 Å². The first-order valence-electron chi connectivity index (χ1n) is 9.26. The second-order valence-electron chi connectivity index (χ2n) is 8.82. The van der Waals surface area contributed by atoms with Crippen LogP contribution in [0.1, 0.15) is 65.2 Å². The molecule has 4 aliphatic carbocycles. The van der Waals surface area contributed by atoms with Crippen molar-refractivity contribution in [2.45, 2.75) is 70.5 Å². The first-order valence-corrected chi connectivity index (χ1v) is 10.5. The average Bonchev–Trinajstić information content (AvgIpc) is 2.84. The molecule has 3 fully saturated rings. The SMILES string of the molecule is CS[C@H]1CC[C@H]2[C@@H]3CCC4=CC(=O)CC[C@]4(C)[C@H]3CC[C@]12C. The van der Waals surface area contributed by atoms with Crippen LogP contribution >= 0.6 is 11.8 Å². The van der Waals surface area contributed by atoms with Gasteiger partial charge in [0.15, 0.2) is 5.78 Å². The average molecular weight is 319 g/mol. The zero-order valence-corrected chi connectivity index (χ0v) is 15.2. The van der Waals surface area contributed by atoms with Gasteiger partial charge < -0.3 is 0 Å². The van der Waals surface area contributed by atoms with Crippen LogP contribution in [0.3, 0.4) is 0 Å². The van der Waals surface area contributed by atoms with E-state index in [2.05, 4.69) is 31.9 Å². The van der Waals surface area contributed by atoms with Crippen LogP contribution in [-0.4, -0.2) is 17.3 Å². The standard InChI is InChI=1S/C20H30OS/c1-19-10-8-14(21)12-13(19)4-5-15-16-6-7-18(22-3)20(16,2)11-9-17(15)19/h12,15-18H,4-11H2,1-3H3/t15-,16-,17-,18-,19-,20-/m0/s1. The molecule has 0 aliphatic heterocycles. The maximum Gasteiger partial charge on any atom is 0.155 e. The van der Waals surface area contributed by atoms with Crippen molar-refractivity contribution in [1.82, 2.24) is 0 Å². The fourth-order valence-electron chi connectivity index (χ4n) is 6.90. The van der Waals surface area contributed by atoms with E-state index in [1.165, 1.54) is 44.1 Å². The van der Waals surface area contributed by atoms with Crippen molar-refractivity contribution < 1.29 is 4.79 Å². The molecule has 1 nitrogen and oxygen atoms in total. The van der Waals surface area contributed by atoms with Crippen molar-refractivity contribution in [3.63, 3.8) is 0 Å². The molecule has 0 unspecified atom stereocenters. The minimum absolute atomic E-state index is 0.343. The molecule has 0 aromatic carbocycles. The zero-order chi connectivity index (χ0) is 15.5. The van der Waals surface area contributed by atoms with E-state index in [4.69, 9.17) is 0 Å². The fraction of sp³-hybridized carbons (Fsp3) is 0.850. The maximum atomic E-state index is 11.9. The van der Waals surface area contributed by atoms with Crippen LogP contribution in [0.15, 0.2) is 11.6 Å². The van der Waals surface area contributed by atoms with Crippen molar-refractivity contribution in [2.24, 2.45) is 28.6 Å². The largest absolute Gasteiger partial charge is 0.295 e. The van der Waals surface area contributed by atoms with E-state index in [9.17, 15) is 4.79 Å². The summed E-state index contributed by atoms with van der Waals surface area (Å²) in [5.74, 6) is 3.10. The van der Waals surface area contributed by atoms with Crippen molar-refractivity contribution in [3.8, 4) is 0 Å². The summed E-state index contributed by atoms with van der Waals surface area (Å²) in [7, 11) is 0. The fourth-order valence-corrected chi connectivity index (χ4v) is 8.10. The van der Waals surface area contributed by atoms with E-state index in [0.717, 1.165) is 35.8 Å². The van der Waals surface area contributed by atoms with E-state index in [0.29, 0.717) is 16.6 Å². The van der Waals surface area contributed by atoms with E-state index < -0.39 is 0 Å². The van der Waals surface area contributed by atoms with Gasteiger partial charge in [0.2, 0.25) is 0 Å². The van der Waals surface area contributed by atoms with Crippen molar-refractivity contribution in [1.29, 1.82) is 0 Å². The number of ketones is 1. The highest BCUT2D eigenvalue weighted by atomic mass is 32.2. The molecule has 6 atom stereocenters. The highest BCUT2D eigenvalue weighted by Gasteiger charge is 2.58. The first kappa shape index (κ1) is 15.3. The molecule has 122 valence electrons. The van der Waals surface area contributed by atoms with Crippen molar-refractivity contribution in [3.05, 3.63) is 11.6 Å². The molecule has 4 rings (SSSR count). The van der Waals surface area contributed by atoms with Crippen LogP contribution in [-0.2, 0) is 4.79 Å². The Morgan fingerprint density at radius 1 is 1.05 bits per heavy atom. The van der Waals surface area contributed by atoms with Gasteiger partial charge >= 0.3 is 0 Å². The Morgan fingerprint density at radius 2 is 1.86 bits per heavy atom. The summed E-state index contributed by atoms with van der Waals surface area (Å²) in [4.78, 5) is 11.9. The summed E-state index contributed by atoms with van der Waals surface area (Å²) in [6.45, 7) is 5.09. The number of carbonyl (C=O) groups is 1. The molecule has 0 amide bonds. The third-order valence-corrected chi connectivity index (χ3v) is 9.50. The van der Waals surface area contributed by atoms with Gasteiger partial charge in [0.1, 0.15) is 0 Å². The first-order chi connectivity index (χ1) is 10.5. The Morgan fingerprint density at radius 3 is 2.64 bits per heavy atom. The smallest absolute Gasteiger partial charge is 0.155 e. The van der Waals surface area contributed by atoms with Gasteiger partial charge in [-0.15, -0.1) is 0 Å². The molecule has 2 heteroatoms. The minimum atomic E-state index is 0.343. The van der Waals surface area contributed by atoms with Gasteiger partial charge in [-0.25, -0.2) is 0 Å². The predicted octanol–water partition coefficient (Wildman–Crippen LogP) is 5.25. The predicted molar refractivity (Wildman–Crippen MR) is 94.0 cm³/mol. The lowest BCUT2D eigenvalue weighted by atomic mass is 9.47. The number of hydrogen-bond acceptors (Lipinski definition) is 2. The molecule has 0 N–H and O–H groups in total. The quantitative estimate of drug-likeness (QED) is 0.657. The Labute approximate surface area is 139 Å². The number of carbonyl (C=O) groups excluding carboxylic acids is 1. The lowest BCUT2D eigenvalue weighted by Gasteiger charge is -2.58. The van der Waals surface area contributed by atoms with Gasteiger partial charge in [0.05, 0.1) is 0 Å². The van der Waals surface area contributed by atoms with Crippen LogP contribution in [0.4, 0.5) is 0 Å². The highest BCUT2D eigenvalue weighted by molar-refractivity contribution is 7.99. The molecular formula is C20H30OS. The summed E-state index contributed by atoms with van der Waals surface area (Å²) in [6.07, 6.45) is 14.5. The van der Waals surface area contributed by atoms with Crippen LogP contribution in [0.5, 0.6) is 0 Å². The lowest BCUT2D eigenvalue weighted by Crippen LogP contribution is -2.50. The Hall–Kier alpha value is -0.240. The number of hydrogen-bond donors (Lipinski definition) is 0. The molecule has 0 heterocycles. The molecule has 4 aliphatic rings. The Kier molecular flexibility index (Phi) is 3.57. The molecule has 0 aromatic heterocycles. The third-order valence-electron chi connectivity index (χ3n) is 8.16. The van der Waals surface area contributed by atoms with E-state index in [-0.39, 0.29) is 0 Å². The van der Waals surface area contributed by atoms with Crippen molar-refractivity contribution in [2.75, 3.05) is 6.26 Å². The number of thioether (sulfide) groups is 1. The van der Waals surface area contributed by atoms with Gasteiger partial charge in [-0.2, -0.15) is 11.8 Å². The number of fused-ring (bicyclic) bond motifs is 5. The summed E-state index contributed by atoms with van der Waals surface area (Å²) < 4.78 is 0. The molecule has 0 aromatic rings. The molecule has 0 saturated heterocycles. The van der Waals surface area contributed by atoms with Crippen molar-refractivity contribution >= 4 is 17.5 Å². The molecule has 22 heavy (non-hydrogen) atoms. The third kappa shape index (κ3) is 1.95. The lowest BCUT2D eigenvalue weighted by molar-refractivity contribution is -0.117. The van der Waals surface area contributed by atoms with Gasteiger partial charge in [0, 0.05) is 11.7 Å². The summed E-state index contributed by atoms with van der Waals surface area (Å²) in [5, 5.41) is 0.885. The van der Waals surface area contributed by atoms with Gasteiger partial charge in [-0.05, 0) is 85.9 Å². The van der Waals surface area contributed by atoms with E-state index in [1.54, 1.807) is 0 Å². The Bertz CT molecular complexity index is 524. The number of allylic oxidation sites excluding steroid dienone is 1. The summed E-state index contributed by atoms with van der Waals surface area (Å²) in [5.41, 5.74) is 2.44. The maximum absolute atomic E-state index is 11.9. The highest BCUT2D eigenvalue weighted by Crippen LogP contribution is 2.66. The van der Waals surface area contributed by atoms with Crippen LogP contribution < -0.4 is 0 Å².